The van der Waals surface area contributed by atoms with Gasteiger partial charge in [0.1, 0.15) is 6.10 Å². The fourth-order valence-corrected chi connectivity index (χ4v) is 4.14. The molecule has 0 radical (unpaired) electrons. The summed E-state index contributed by atoms with van der Waals surface area (Å²) >= 11 is 1.71. The molecule has 0 bridgehead atoms. The SMILES string of the molecule is Cc1nc(CN2CC[C@H]3C[C@@H](C(=O)NC4CC4)O[C@@H]3C2)cs1.O=C(O)C(F)(F)F. The van der Waals surface area contributed by atoms with E-state index in [1.807, 2.05) is 6.92 Å². The lowest BCUT2D eigenvalue weighted by Gasteiger charge is -2.33. The van der Waals surface area contributed by atoms with E-state index in [0.717, 1.165) is 56.0 Å². The van der Waals surface area contributed by atoms with Crippen LogP contribution in [0, 0.1) is 12.8 Å². The van der Waals surface area contributed by atoms with Crippen molar-refractivity contribution in [2.75, 3.05) is 13.1 Å². The summed E-state index contributed by atoms with van der Waals surface area (Å²) in [6.45, 7) is 4.95. The number of aromatic nitrogens is 1. The normalized spacial score (nSPS) is 27.0. The van der Waals surface area contributed by atoms with Gasteiger partial charge in [0.15, 0.2) is 0 Å². The number of aliphatic carboxylic acids is 1. The summed E-state index contributed by atoms with van der Waals surface area (Å²) in [7, 11) is 0. The van der Waals surface area contributed by atoms with Gasteiger partial charge < -0.3 is 15.2 Å². The number of halogens is 3. The summed E-state index contributed by atoms with van der Waals surface area (Å²) in [5.74, 6) is -2.10. The maximum absolute atomic E-state index is 12.2. The number of aryl methyl sites for hydroxylation is 1. The molecule has 7 nitrogen and oxygen atoms in total. The molecule has 3 aliphatic rings. The third-order valence-electron chi connectivity index (χ3n) is 5.15. The molecule has 0 aromatic carbocycles. The van der Waals surface area contributed by atoms with Gasteiger partial charge in [-0.1, -0.05) is 0 Å². The highest BCUT2D eigenvalue weighted by Gasteiger charge is 2.42. The first-order valence-electron chi connectivity index (χ1n) is 9.51. The number of carboxylic acid groups (broad SMARTS) is 1. The Hall–Kier alpha value is -1.72. The zero-order valence-electron chi connectivity index (χ0n) is 15.9. The van der Waals surface area contributed by atoms with Crippen LogP contribution in [-0.2, 0) is 20.9 Å². The van der Waals surface area contributed by atoms with Crippen LogP contribution in [0.25, 0.3) is 0 Å². The third-order valence-corrected chi connectivity index (χ3v) is 5.97. The van der Waals surface area contributed by atoms with Crippen LogP contribution < -0.4 is 5.32 Å². The Balaban J connectivity index is 0.000000298. The minimum Gasteiger partial charge on any atom is -0.475 e. The summed E-state index contributed by atoms with van der Waals surface area (Å²) in [5.41, 5.74) is 1.15. The van der Waals surface area contributed by atoms with Crippen molar-refractivity contribution >= 4 is 23.2 Å². The molecule has 1 aromatic heterocycles. The number of amides is 1. The number of rotatable bonds is 4. The van der Waals surface area contributed by atoms with Gasteiger partial charge in [0.05, 0.1) is 16.8 Å². The molecule has 29 heavy (non-hydrogen) atoms. The molecule has 3 atom stereocenters. The maximum Gasteiger partial charge on any atom is 0.490 e. The van der Waals surface area contributed by atoms with Crippen molar-refractivity contribution in [1.82, 2.24) is 15.2 Å². The summed E-state index contributed by atoms with van der Waals surface area (Å²) in [6, 6.07) is 0.420. The molecule has 162 valence electrons. The highest BCUT2D eigenvalue weighted by molar-refractivity contribution is 7.09. The van der Waals surface area contributed by atoms with Crippen LogP contribution in [0.2, 0.25) is 0 Å². The third kappa shape index (κ3) is 6.38. The number of likely N-dealkylation sites (tertiary alicyclic amines) is 1. The van der Waals surface area contributed by atoms with Gasteiger partial charge in [-0.15, -0.1) is 11.3 Å². The first-order chi connectivity index (χ1) is 13.6. The largest absolute Gasteiger partial charge is 0.490 e. The van der Waals surface area contributed by atoms with Gasteiger partial charge in [0.2, 0.25) is 5.91 Å². The second kappa shape index (κ2) is 8.97. The molecule has 2 saturated heterocycles. The van der Waals surface area contributed by atoms with Gasteiger partial charge in [-0.05, 0) is 45.1 Å². The number of fused-ring (bicyclic) bond motifs is 1. The lowest BCUT2D eigenvalue weighted by molar-refractivity contribution is -0.192. The number of ether oxygens (including phenoxy) is 1. The fraction of sp³-hybridized carbons (Fsp3) is 0.722. The molecule has 3 heterocycles. The molecule has 4 rings (SSSR count). The van der Waals surface area contributed by atoms with Crippen LogP contribution in [0.1, 0.15) is 36.4 Å². The molecule has 1 amide bonds. The van der Waals surface area contributed by atoms with Crippen molar-refractivity contribution in [3.63, 3.8) is 0 Å². The minimum absolute atomic E-state index is 0.110. The number of carboxylic acids is 1. The number of nitrogens with zero attached hydrogens (tertiary/aromatic N) is 2. The van der Waals surface area contributed by atoms with Crippen LogP contribution in [0.4, 0.5) is 13.2 Å². The van der Waals surface area contributed by atoms with Crippen molar-refractivity contribution in [1.29, 1.82) is 0 Å². The molecule has 1 aliphatic carbocycles. The van der Waals surface area contributed by atoms with E-state index in [9.17, 15) is 18.0 Å². The molecule has 0 spiro atoms. The number of nitrogens with one attached hydrogen (secondary N) is 1. The van der Waals surface area contributed by atoms with E-state index in [4.69, 9.17) is 14.6 Å². The molecule has 0 unspecified atom stereocenters. The monoisotopic (exact) mass is 435 g/mol. The first kappa shape index (κ1) is 22.0. The topological polar surface area (TPSA) is 91.8 Å². The van der Waals surface area contributed by atoms with Crippen LogP contribution in [0.5, 0.6) is 0 Å². The molecule has 2 N–H and O–H groups in total. The van der Waals surface area contributed by atoms with Gasteiger partial charge in [0.25, 0.3) is 0 Å². The van der Waals surface area contributed by atoms with Gasteiger partial charge in [-0.3, -0.25) is 9.69 Å². The van der Waals surface area contributed by atoms with Gasteiger partial charge in [0, 0.05) is 24.5 Å². The van der Waals surface area contributed by atoms with E-state index in [2.05, 4.69) is 20.6 Å². The number of thiazole rings is 1. The lowest BCUT2D eigenvalue weighted by Crippen LogP contribution is -2.42. The lowest BCUT2D eigenvalue weighted by atomic mass is 9.91. The standard InChI is InChI=1S/C16H23N3O2S.C2HF3O2/c1-10-17-13(9-22-10)7-19-5-4-11-6-14(21-15(11)8-19)16(20)18-12-2-3-12;3-2(4,5)1(6)7/h9,11-12,14-15H,2-8H2,1H3,(H,18,20);(H,6,7)/t11-,14-,15+;/m0./s1. The Labute approximate surface area is 170 Å². The predicted molar refractivity (Wildman–Crippen MR) is 98.4 cm³/mol. The molecule has 1 aromatic rings. The minimum atomic E-state index is -5.08. The van der Waals surface area contributed by atoms with E-state index in [1.165, 1.54) is 0 Å². The molecule has 1 saturated carbocycles. The summed E-state index contributed by atoms with van der Waals surface area (Å²) in [6.07, 6.45) is -0.813. The number of carbonyl (C=O) groups excluding carboxylic acids is 1. The number of piperidine rings is 1. The summed E-state index contributed by atoms with van der Waals surface area (Å²) < 4.78 is 37.8. The Morgan fingerprint density at radius 1 is 1.38 bits per heavy atom. The molecule has 2 aliphatic heterocycles. The maximum atomic E-state index is 12.2. The highest BCUT2D eigenvalue weighted by Crippen LogP contribution is 2.34. The van der Waals surface area contributed by atoms with Crippen LogP contribution in [0.15, 0.2) is 5.38 Å². The Morgan fingerprint density at radius 2 is 2.07 bits per heavy atom. The zero-order chi connectivity index (χ0) is 21.2. The highest BCUT2D eigenvalue weighted by atomic mass is 32.1. The zero-order valence-corrected chi connectivity index (χ0v) is 16.8. The van der Waals surface area contributed by atoms with Gasteiger partial charge in [-0.25, -0.2) is 9.78 Å². The first-order valence-corrected chi connectivity index (χ1v) is 10.4. The fourth-order valence-electron chi connectivity index (χ4n) is 3.54. The molecule has 11 heteroatoms. The van der Waals surface area contributed by atoms with Crippen molar-refractivity contribution in [2.24, 2.45) is 5.92 Å². The molecular formula is C18H24F3N3O4S. The second-order valence-corrected chi connectivity index (χ2v) is 8.69. The van der Waals surface area contributed by atoms with Crippen molar-refractivity contribution < 1.29 is 32.6 Å². The van der Waals surface area contributed by atoms with Gasteiger partial charge >= 0.3 is 12.1 Å². The average Bonchev–Trinajstić information content (AvgIpc) is 3.19. The predicted octanol–water partition coefficient (Wildman–Crippen LogP) is 2.34. The van der Waals surface area contributed by atoms with Crippen LogP contribution in [-0.4, -0.2) is 64.4 Å². The Bertz CT molecular complexity index is 738. The quantitative estimate of drug-likeness (QED) is 0.755. The van der Waals surface area contributed by atoms with Crippen molar-refractivity contribution in [3.8, 4) is 0 Å². The van der Waals surface area contributed by atoms with Crippen molar-refractivity contribution in [2.45, 2.75) is 63.6 Å². The van der Waals surface area contributed by atoms with E-state index in [1.54, 1.807) is 11.3 Å². The Kier molecular flexibility index (Phi) is 6.79. The number of alkyl halides is 3. The van der Waals surface area contributed by atoms with E-state index in [0.29, 0.717) is 12.0 Å². The van der Waals surface area contributed by atoms with E-state index >= 15 is 0 Å². The summed E-state index contributed by atoms with van der Waals surface area (Å²) in [4.78, 5) is 28.0. The summed E-state index contributed by atoms with van der Waals surface area (Å²) in [5, 5.41) is 13.5. The Morgan fingerprint density at radius 3 is 2.62 bits per heavy atom. The molecular weight excluding hydrogens is 411 g/mol. The number of carbonyl (C=O) groups is 2. The molecule has 3 fully saturated rings. The van der Waals surface area contributed by atoms with Gasteiger partial charge in [-0.2, -0.15) is 13.2 Å². The van der Waals surface area contributed by atoms with Crippen LogP contribution in [0.3, 0.4) is 0 Å². The van der Waals surface area contributed by atoms with Crippen molar-refractivity contribution in [3.05, 3.63) is 16.1 Å². The van der Waals surface area contributed by atoms with Crippen LogP contribution >= 0.6 is 11.3 Å². The van der Waals surface area contributed by atoms with E-state index < -0.39 is 12.1 Å². The van der Waals surface area contributed by atoms with E-state index in [-0.39, 0.29) is 18.1 Å². The smallest absolute Gasteiger partial charge is 0.475 e. The second-order valence-electron chi connectivity index (χ2n) is 7.63. The number of hydrogen-bond donors (Lipinski definition) is 2. The number of hydrogen-bond acceptors (Lipinski definition) is 6. The average molecular weight is 435 g/mol.